The third kappa shape index (κ3) is 5.20. The van der Waals surface area contributed by atoms with Crippen LogP contribution in [0.1, 0.15) is 153 Å². The lowest BCUT2D eigenvalue weighted by molar-refractivity contribution is -0.236. The van der Waals surface area contributed by atoms with E-state index in [2.05, 4.69) is 48.5 Å². The van der Waals surface area contributed by atoms with E-state index < -0.39 is 28.3 Å². The van der Waals surface area contributed by atoms with Gasteiger partial charge in [-0.15, -0.1) is 0 Å². The fourth-order valence-electron chi connectivity index (χ4n) is 15.0. The number of hydrogen-bond donors (Lipinski definition) is 2. The van der Waals surface area contributed by atoms with Crippen molar-refractivity contribution in [3.05, 3.63) is 11.1 Å². The largest absolute Gasteiger partial charge is 0.481 e. The molecule has 1 aliphatic heterocycles. The molecule has 53 heavy (non-hydrogen) atoms. The summed E-state index contributed by atoms with van der Waals surface area (Å²) >= 11 is 0. The molecule has 11 atom stereocenters. The fraction of sp³-hybridized carbons (Fsp3) is 0.867. The number of ketones is 1. The van der Waals surface area contributed by atoms with Crippen molar-refractivity contribution >= 4 is 23.6 Å². The van der Waals surface area contributed by atoms with Crippen molar-refractivity contribution in [1.29, 1.82) is 0 Å². The van der Waals surface area contributed by atoms with Gasteiger partial charge in [-0.3, -0.25) is 19.2 Å². The molecule has 0 aromatic heterocycles. The minimum Gasteiger partial charge on any atom is -0.481 e. The first-order valence-corrected chi connectivity index (χ1v) is 21.1. The number of carboxylic acids is 1. The molecule has 6 aliphatic carbocycles. The number of amides is 1. The van der Waals surface area contributed by atoms with E-state index in [0.29, 0.717) is 31.2 Å². The van der Waals surface area contributed by atoms with E-state index in [1.165, 1.54) is 5.57 Å². The van der Waals surface area contributed by atoms with E-state index in [1.807, 2.05) is 32.6 Å². The minimum absolute atomic E-state index is 0.0156. The van der Waals surface area contributed by atoms with Gasteiger partial charge in [0.05, 0.1) is 28.9 Å². The van der Waals surface area contributed by atoms with E-state index in [-0.39, 0.29) is 75.6 Å². The van der Waals surface area contributed by atoms with Gasteiger partial charge >= 0.3 is 11.9 Å². The van der Waals surface area contributed by atoms with Crippen LogP contribution in [-0.4, -0.2) is 63.0 Å². The quantitative estimate of drug-likeness (QED) is 0.263. The molecular formula is C45H69NO7. The molecule has 0 spiro atoms. The van der Waals surface area contributed by atoms with E-state index in [1.54, 1.807) is 0 Å². The lowest BCUT2D eigenvalue weighted by Gasteiger charge is -2.72. The van der Waals surface area contributed by atoms with Crippen molar-refractivity contribution in [2.75, 3.05) is 6.54 Å². The Hall–Kier alpha value is -2.22. The van der Waals surface area contributed by atoms with Gasteiger partial charge in [-0.2, -0.15) is 0 Å². The van der Waals surface area contributed by atoms with Gasteiger partial charge in [0.25, 0.3) is 0 Å². The molecule has 1 amide bonds. The Balaban J connectivity index is 1.18. The van der Waals surface area contributed by atoms with Gasteiger partial charge in [-0.1, -0.05) is 62.3 Å². The van der Waals surface area contributed by atoms with Crippen molar-refractivity contribution < 1.29 is 34.1 Å². The van der Waals surface area contributed by atoms with Crippen LogP contribution in [0, 0.1) is 68.0 Å². The molecule has 0 radical (unpaired) electrons. The Morgan fingerprint density at radius 2 is 1.51 bits per heavy atom. The van der Waals surface area contributed by atoms with Crippen LogP contribution in [0.4, 0.5) is 0 Å². The number of rotatable bonds is 6. The number of Topliss-reactive ketones (excluding diaryl/α,β-unsaturated/α-hetero) is 1. The number of aliphatic hydroxyl groups is 1. The Morgan fingerprint density at radius 3 is 2.11 bits per heavy atom. The highest BCUT2D eigenvalue weighted by Gasteiger charge is 2.71. The predicted octanol–water partition coefficient (Wildman–Crippen LogP) is 8.39. The molecule has 2 N–H and O–H groups in total. The van der Waals surface area contributed by atoms with E-state index in [4.69, 9.17) is 4.74 Å². The molecule has 8 nitrogen and oxygen atoms in total. The second-order valence-electron chi connectivity index (χ2n) is 21.9. The zero-order valence-corrected chi connectivity index (χ0v) is 34.7. The average Bonchev–Trinajstić information content (AvgIpc) is 3.65. The van der Waals surface area contributed by atoms with Crippen LogP contribution in [0.2, 0.25) is 0 Å². The summed E-state index contributed by atoms with van der Waals surface area (Å²) in [6.45, 7) is 24.5. The number of nitrogens with zero attached hydrogens (tertiary/aromatic N) is 1. The lowest BCUT2D eigenvalue weighted by atomic mass is 9.33. The van der Waals surface area contributed by atoms with E-state index in [9.17, 15) is 24.6 Å². The molecule has 8 heteroatoms. The summed E-state index contributed by atoms with van der Waals surface area (Å²) in [6, 6.07) is -0.236. The number of allylic oxidation sites excluding steroid dienone is 1. The maximum atomic E-state index is 15.0. The van der Waals surface area contributed by atoms with Crippen LogP contribution in [0.15, 0.2) is 11.1 Å². The van der Waals surface area contributed by atoms with Crippen molar-refractivity contribution in [3.63, 3.8) is 0 Å². The summed E-state index contributed by atoms with van der Waals surface area (Å²) in [5, 5.41) is 20.8. The van der Waals surface area contributed by atoms with Gasteiger partial charge in [0.2, 0.25) is 5.91 Å². The summed E-state index contributed by atoms with van der Waals surface area (Å²) in [6.07, 6.45) is 9.63. The molecule has 1 saturated heterocycles. The van der Waals surface area contributed by atoms with Crippen LogP contribution in [0.25, 0.3) is 0 Å². The SMILES string of the molecule is CC(C)C1=C2[C@H]3CC[C@@H]4[C@@]5(C)CC[C@H](OC(=O)[C@H]6C[C@@H](C(=O)O)C6(C)C)C(C)(C)[C@@H]5CC[C@@]4(C)[C@]3(C)CC[C@@]2(C(=O)N2CCC[C@H]2C(C)(C)O)CC1=O. The molecule has 0 unspecified atom stereocenters. The van der Waals surface area contributed by atoms with Crippen LogP contribution < -0.4 is 0 Å². The summed E-state index contributed by atoms with van der Waals surface area (Å²) in [5.74, 6) is -0.662. The maximum Gasteiger partial charge on any atom is 0.309 e. The van der Waals surface area contributed by atoms with Crippen molar-refractivity contribution in [2.45, 2.75) is 171 Å². The summed E-state index contributed by atoms with van der Waals surface area (Å²) in [5.41, 5.74) is -0.553. The van der Waals surface area contributed by atoms with Crippen LogP contribution >= 0.6 is 0 Å². The minimum atomic E-state index is -0.999. The van der Waals surface area contributed by atoms with Gasteiger partial charge in [0.15, 0.2) is 5.78 Å². The third-order valence-electron chi connectivity index (χ3n) is 18.2. The molecule has 0 bridgehead atoms. The molecule has 7 aliphatic rings. The number of fused-ring (bicyclic) bond motifs is 7. The standard InChI is InChI=1S/C45H69NO7/c1-25(2)34-29(47)24-45(38(51)46-22-12-13-32(46)41(7,8)52)21-20-43(10)26(35(34)45)14-15-31-42(9)18-17-33(40(5,6)30(42)16-19-44(31,43)11)53-37(50)28-23-27(36(48)49)39(28,3)4/h25-28,30-33,52H,12-24H2,1-11H3,(H,48,49)/t26-,27+,28-,30+,31-,32+,33+,42+,43-,44-,45-/m1/s1. The molecule has 296 valence electrons. The predicted molar refractivity (Wildman–Crippen MR) is 203 cm³/mol. The summed E-state index contributed by atoms with van der Waals surface area (Å²) in [7, 11) is 0. The number of carboxylic acid groups (broad SMARTS) is 1. The number of hydrogen-bond acceptors (Lipinski definition) is 6. The lowest BCUT2D eigenvalue weighted by Crippen LogP contribution is -2.66. The zero-order valence-electron chi connectivity index (χ0n) is 34.7. The Kier molecular flexibility index (Phi) is 8.94. The summed E-state index contributed by atoms with van der Waals surface area (Å²) < 4.78 is 6.41. The highest BCUT2D eigenvalue weighted by molar-refractivity contribution is 6.07. The van der Waals surface area contributed by atoms with E-state index >= 15 is 4.79 Å². The van der Waals surface area contributed by atoms with Gasteiger partial charge in [0.1, 0.15) is 6.10 Å². The first-order chi connectivity index (χ1) is 24.4. The van der Waals surface area contributed by atoms with Crippen LogP contribution in [0.3, 0.4) is 0 Å². The highest BCUT2D eigenvalue weighted by Crippen LogP contribution is 2.77. The number of carbonyl (C=O) groups excluding carboxylic acids is 3. The number of ether oxygens (including phenoxy) is 1. The average molecular weight is 736 g/mol. The number of esters is 1. The number of likely N-dealkylation sites (tertiary alicyclic amines) is 1. The topological polar surface area (TPSA) is 121 Å². The van der Waals surface area contributed by atoms with Gasteiger partial charge in [-0.25, -0.2) is 0 Å². The fourth-order valence-corrected chi connectivity index (χ4v) is 15.0. The molecule has 7 rings (SSSR count). The molecule has 1 heterocycles. The second-order valence-corrected chi connectivity index (χ2v) is 21.9. The number of aliphatic carboxylic acids is 1. The van der Waals surface area contributed by atoms with Crippen molar-refractivity contribution in [2.24, 2.45) is 68.0 Å². The van der Waals surface area contributed by atoms with Crippen LogP contribution in [-0.2, 0) is 23.9 Å². The maximum absolute atomic E-state index is 15.0. The van der Waals surface area contributed by atoms with Gasteiger partial charge in [-0.05, 0) is 141 Å². The molecule has 0 aromatic carbocycles. The Labute approximate surface area is 318 Å². The normalized spacial score (nSPS) is 44.4. The Morgan fingerprint density at radius 1 is 0.830 bits per heavy atom. The van der Waals surface area contributed by atoms with E-state index in [0.717, 1.165) is 63.4 Å². The smallest absolute Gasteiger partial charge is 0.309 e. The monoisotopic (exact) mass is 736 g/mol. The molecule has 0 aromatic rings. The number of carbonyl (C=O) groups is 4. The summed E-state index contributed by atoms with van der Waals surface area (Å²) in [4.78, 5) is 56.5. The van der Waals surface area contributed by atoms with Crippen molar-refractivity contribution in [3.8, 4) is 0 Å². The highest BCUT2D eigenvalue weighted by atomic mass is 16.5. The molecule has 6 fully saturated rings. The second kappa shape index (κ2) is 12.1. The first-order valence-electron chi connectivity index (χ1n) is 21.1. The molecular weight excluding hydrogens is 666 g/mol. The zero-order chi connectivity index (χ0) is 39.1. The third-order valence-corrected chi connectivity index (χ3v) is 18.2. The van der Waals surface area contributed by atoms with Gasteiger partial charge in [0, 0.05) is 18.4 Å². The van der Waals surface area contributed by atoms with Gasteiger partial charge < -0.3 is 19.8 Å². The molecule has 5 saturated carbocycles. The van der Waals surface area contributed by atoms with Crippen LogP contribution in [0.5, 0.6) is 0 Å². The van der Waals surface area contributed by atoms with Crippen molar-refractivity contribution in [1.82, 2.24) is 4.90 Å². The first kappa shape index (κ1) is 39.0. The Bertz CT molecular complexity index is 1620.